The highest BCUT2D eigenvalue weighted by molar-refractivity contribution is 5.92. The second-order valence-electron chi connectivity index (χ2n) is 7.64. The standard InChI is InChI=1S/C24H23NO/c1-15-6-3-11-21(26)22(15)18-9-5-8-17-14-20-24-16(12-13-25(20)2)7-4-10-19(24)23(17)18/h3-11,20,26H,12-14H2,1-2H3/t20-/m1/s1. The van der Waals surface area contributed by atoms with Gasteiger partial charge in [0.25, 0.3) is 0 Å². The van der Waals surface area contributed by atoms with Crippen LogP contribution in [0, 0.1) is 6.92 Å². The summed E-state index contributed by atoms with van der Waals surface area (Å²) < 4.78 is 0. The molecule has 0 saturated carbocycles. The fourth-order valence-corrected chi connectivity index (χ4v) is 4.88. The van der Waals surface area contributed by atoms with Crippen LogP contribution in [-0.2, 0) is 12.8 Å². The highest BCUT2D eigenvalue weighted by Crippen LogP contribution is 2.49. The van der Waals surface area contributed by atoms with Gasteiger partial charge in [0.2, 0.25) is 0 Å². The van der Waals surface area contributed by atoms with Gasteiger partial charge in [0, 0.05) is 18.2 Å². The van der Waals surface area contributed by atoms with Crippen LogP contribution >= 0.6 is 0 Å². The van der Waals surface area contributed by atoms with E-state index < -0.39 is 0 Å². The number of hydrogen-bond donors (Lipinski definition) is 1. The molecule has 2 aliphatic rings. The minimum atomic E-state index is 0.363. The third-order valence-electron chi connectivity index (χ3n) is 6.15. The van der Waals surface area contributed by atoms with Crippen LogP contribution in [0.4, 0.5) is 0 Å². The molecule has 0 saturated heterocycles. The van der Waals surface area contributed by atoms with Crippen molar-refractivity contribution < 1.29 is 5.11 Å². The fourth-order valence-electron chi connectivity index (χ4n) is 4.88. The summed E-state index contributed by atoms with van der Waals surface area (Å²) in [6, 6.07) is 19.6. The lowest BCUT2D eigenvalue weighted by Crippen LogP contribution is -2.35. The molecular weight excluding hydrogens is 318 g/mol. The van der Waals surface area contributed by atoms with Crippen LogP contribution in [0.3, 0.4) is 0 Å². The van der Waals surface area contributed by atoms with Crippen molar-refractivity contribution in [3.8, 4) is 28.0 Å². The van der Waals surface area contributed by atoms with Crippen molar-refractivity contribution in [3.05, 3.63) is 76.9 Å². The molecule has 130 valence electrons. The third kappa shape index (κ3) is 2.15. The van der Waals surface area contributed by atoms with E-state index >= 15 is 0 Å². The average molecular weight is 341 g/mol. The van der Waals surface area contributed by atoms with Gasteiger partial charge in [0.05, 0.1) is 0 Å². The molecular formula is C24H23NO. The molecule has 0 aromatic heterocycles. The predicted octanol–water partition coefficient (Wildman–Crippen LogP) is 5.12. The van der Waals surface area contributed by atoms with E-state index in [0.29, 0.717) is 11.8 Å². The van der Waals surface area contributed by atoms with Crippen LogP contribution in [0.1, 0.15) is 28.3 Å². The van der Waals surface area contributed by atoms with Gasteiger partial charge in [-0.15, -0.1) is 0 Å². The number of rotatable bonds is 1. The Hall–Kier alpha value is -2.58. The Kier molecular flexibility index (Phi) is 3.44. The van der Waals surface area contributed by atoms with Gasteiger partial charge in [-0.3, -0.25) is 4.90 Å². The summed E-state index contributed by atoms with van der Waals surface area (Å²) >= 11 is 0. The van der Waals surface area contributed by atoms with Gasteiger partial charge in [0.15, 0.2) is 0 Å². The number of hydrogen-bond acceptors (Lipinski definition) is 2. The number of likely N-dealkylation sites (N-methyl/N-ethyl adjacent to an activating group) is 1. The van der Waals surface area contributed by atoms with E-state index in [9.17, 15) is 5.11 Å². The number of aryl methyl sites for hydroxylation is 1. The van der Waals surface area contributed by atoms with Gasteiger partial charge < -0.3 is 5.11 Å². The van der Waals surface area contributed by atoms with Crippen molar-refractivity contribution in [1.29, 1.82) is 0 Å². The van der Waals surface area contributed by atoms with E-state index in [0.717, 1.165) is 36.1 Å². The van der Waals surface area contributed by atoms with E-state index in [4.69, 9.17) is 0 Å². The number of aromatic hydroxyl groups is 1. The Morgan fingerprint density at radius 2 is 1.62 bits per heavy atom. The smallest absolute Gasteiger partial charge is 0.123 e. The lowest BCUT2D eigenvalue weighted by Gasteiger charge is -2.40. The molecule has 2 nitrogen and oxygen atoms in total. The van der Waals surface area contributed by atoms with Crippen molar-refractivity contribution >= 4 is 0 Å². The maximum atomic E-state index is 10.6. The molecule has 2 heteroatoms. The van der Waals surface area contributed by atoms with Gasteiger partial charge >= 0.3 is 0 Å². The van der Waals surface area contributed by atoms with Gasteiger partial charge in [-0.05, 0) is 71.8 Å². The number of nitrogens with zero attached hydrogens (tertiary/aromatic N) is 1. The van der Waals surface area contributed by atoms with Crippen LogP contribution in [0.2, 0.25) is 0 Å². The zero-order chi connectivity index (χ0) is 17.8. The summed E-state index contributed by atoms with van der Waals surface area (Å²) in [5.41, 5.74) is 10.2. The maximum absolute atomic E-state index is 10.6. The summed E-state index contributed by atoms with van der Waals surface area (Å²) in [6.45, 7) is 3.20. The Morgan fingerprint density at radius 3 is 2.42 bits per heavy atom. The molecule has 1 aliphatic carbocycles. The molecule has 0 unspecified atom stereocenters. The summed E-state index contributed by atoms with van der Waals surface area (Å²) in [4.78, 5) is 2.49. The van der Waals surface area contributed by atoms with Crippen molar-refractivity contribution in [2.75, 3.05) is 13.6 Å². The van der Waals surface area contributed by atoms with Crippen molar-refractivity contribution in [2.24, 2.45) is 0 Å². The highest BCUT2D eigenvalue weighted by atomic mass is 16.3. The van der Waals surface area contributed by atoms with Gasteiger partial charge in [-0.1, -0.05) is 48.5 Å². The number of phenols is 1. The second kappa shape index (κ2) is 5.72. The van der Waals surface area contributed by atoms with E-state index in [1.807, 2.05) is 6.07 Å². The van der Waals surface area contributed by atoms with Crippen LogP contribution in [0.5, 0.6) is 5.75 Å². The molecule has 1 aliphatic heterocycles. The molecule has 0 fully saturated rings. The largest absolute Gasteiger partial charge is 0.507 e. The highest BCUT2D eigenvalue weighted by Gasteiger charge is 2.33. The Labute approximate surface area is 154 Å². The molecule has 0 spiro atoms. The molecule has 1 N–H and O–H groups in total. The number of phenolic OH excluding ortho intramolecular Hbond substituents is 1. The minimum absolute atomic E-state index is 0.363. The summed E-state index contributed by atoms with van der Waals surface area (Å²) in [5.74, 6) is 0.363. The first-order chi connectivity index (χ1) is 12.6. The van der Waals surface area contributed by atoms with E-state index in [1.54, 1.807) is 6.07 Å². The first-order valence-corrected chi connectivity index (χ1v) is 9.38. The topological polar surface area (TPSA) is 23.5 Å². The molecule has 26 heavy (non-hydrogen) atoms. The SMILES string of the molecule is Cc1cccc(O)c1-c1cccc2c1-c1cccc3c1[C@@H](C2)N(C)CC3. The molecule has 1 heterocycles. The first-order valence-electron chi connectivity index (χ1n) is 9.38. The zero-order valence-corrected chi connectivity index (χ0v) is 15.3. The monoisotopic (exact) mass is 341 g/mol. The molecule has 0 amide bonds. The number of fused-ring (bicyclic) bond motifs is 2. The van der Waals surface area contributed by atoms with Crippen molar-refractivity contribution in [1.82, 2.24) is 4.90 Å². The normalized spacial score (nSPS) is 18.3. The van der Waals surface area contributed by atoms with Gasteiger partial charge in [-0.25, -0.2) is 0 Å². The second-order valence-corrected chi connectivity index (χ2v) is 7.64. The molecule has 0 radical (unpaired) electrons. The van der Waals surface area contributed by atoms with E-state index in [1.165, 1.54) is 27.8 Å². The average Bonchev–Trinajstić information content (AvgIpc) is 2.64. The van der Waals surface area contributed by atoms with Gasteiger partial charge in [-0.2, -0.15) is 0 Å². The summed E-state index contributed by atoms with van der Waals surface area (Å²) in [5, 5.41) is 10.6. The molecule has 0 bridgehead atoms. The minimum Gasteiger partial charge on any atom is -0.507 e. The lowest BCUT2D eigenvalue weighted by atomic mass is 9.75. The quantitative estimate of drug-likeness (QED) is 0.664. The van der Waals surface area contributed by atoms with E-state index in [2.05, 4.69) is 61.3 Å². The van der Waals surface area contributed by atoms with Crippen molar-refractivity contribution in [2.45, 2.75) is 25.8 Å². The lowest BCUT2D eigenvalue weighted by molar-refractivity contribution is 0.228. The molecule has 3 aromatic rings. The summed E-state index contributed by atoms with van der Waals surface area (Å²) in [6.07, 6.45) is 2.15. The summed E-state index contributed by atoms with van der Waals surface area (Å²) in [7, 11) is 2.24. The van der Waals surface area contributed by atoms with Crippen molar-refractivity contribution in [3.63, 3.8) is 0 Å². The fraction of sp³-hybridized carbons (Fsp3) is 0.250. The van der Waals surface area contributed by atoms with Gasteiger partial charge in [0.1, 0.15) is 5.75 Å². The molecule has 1 atom stereocenters. The number of benzene rings is 3. The zero-order valence-electron chi connectivity index (χ0n) is 15.3. The Bertz CT molecular complexity index is 1000. The van der Waals surface area contributed by atoms with Crippen LogP contribution in [-0.4, -0.2) is 23.6 Å². The third-order valence-corrected chi connectivity index (χ3v) is 6.15. The molecule has 5 rings (SSSR count). The Balaban J connectivity index is 1.83. The van der Waals surface area contributed by atoms with Crippen LogP contribution in [0.25, 0.3) is 22.3 Å². The van der Waals surface area contributed by atoms with E-state index in [-0.39, 0.29) is 0 Å². The maximum Gasteiger partial charge on any atom is 0.123 e. The van der Waals surface area contributed by atoms with Crippen LogP contribution in [0.15, 0.2) is 54.6 Å². The molecule has 3 aromatic carbocycles. The van der Waals surface area contributed by atoms with Crippen LogP contribution < -0.4 is 0 Å². The Morgan fingerprint density at radius 1 is 0.885 bits per heavy atom. The predicted molar refractivity (Wildman–Crippen MR) is 106 cm³/mol. The first kappa shape index (κ1) is 15.7.